The molecule has 0 radical (unpaired) electrons. The van der Waals surface area contributed by atoms with E-state index in [9.17, 15) is 10.2 Å². The van der Waals surface area contributed by atoms with Crippen LogP contribution in [0.2, 0.25) is 0 Å². The molecule has 1 aromatic carbocycles. The van der Waals surface area contributed by atoms with E-state index in [-0.39, 0.29) is 36.1 Å². The summed E-state index contributed by atoms with van der Waals surface area (Å²) in [5, 5.41) is 19.3. The fourth-order valence-corrected chi connectivity index (χ4v) is 3.40. The highest BCUT2D eigenvalue weighted by Crippen LogP contribution is 2.51. The molecule has 3 atom stereocenters. The van der Waals surface area contributed by atoms with Gasteiger partial charge < -0.3 is 19.7 Å². The third-order valence-electron chi connectivity index (χ3n) is 4.58. The molecule has 0 aromatic heterocycles. The van der Waals surface area contributed by atoms with Crippen molar-refractivity contribution in [2.24, 2.45) is 5.92 Å². The number of aromatic hydroxyl groups is 1. The SMILES string of the molecule is C[C@@H]1CC[C@@H]2[C@@H](O1)c1cc(O)c(CO)cc1OC2(C)C. The Hall–Kier alpha value is -1.26. The molecule has 20 heavy (non-hydrogen) atoms. The molecule has 4 nitrogen and oxygen atoms in total. The van der Waals surface area contributed by atoms with Gasteiger partial charge in [-0.25, -0.2) is 0 Å². The smallest absolute Gasteiger partial charge is 0.126 e. The summed E-state index contributed by atoms with van der Waals surface area (Å²) in [7, 11) is 0. The first kappa shape index (κ1) is 13.7. The molecule has 0 amide bonds. The predicted molar refractivity (Wildman–Crippen MR) is 74.7 cm³/mol. The Morgan fingerprint density at radius 3 is 2.75 bits per heavy atom. The Bertz CT molecular complexity index is 523. The summed E-state index contributed by atoms with van der Waals surface area (Å²) < 4.78 is 12.2. The number of fused-ring (bicyclic) bond motifs is 3. The highest BCUT2D eigenvalue weighted by molar-refractivity contribution is 5.48. The highest BCUT2D eigenvalue weighted by atomic mass is 16.5. The van der Waals surface area contributed by atoms with Crippen molar-refractivity contribution in [1.82, 2.24) is 0 Å². The molecule has 0 spiro atoms. The number of hydrogen-bond donors (Lipinski definition) is 2. The maximum atomic E-state index is 9.98. The fraction of sp³-hybridized carbons (Fsp3) is 0.625. The molecule has 1 aromatic rings. The van der Waals surface area contributed by atoms with Crippen LogP contribution in [0.5, 0.6) is 11.5 Å². The zero-order valence-electron chi connectivity index (χ0n) is 12.2. The van der Waals surface area contributed by atoms with Gasteiger partial charge in [-0.2, -0.15) is 0 Å². The van der Waals surface area contributed by atoms with E-state index in [0.717, 1.165) is 18.4 Å². The van der Waals surface area contributed by atoms with E-state index in [1.165, 1.54) is 0 Å². The Balaban J connectivity index is 2.09. The zero-order valence-corrected chi connectivity index (χ0v) is 12.2. The molecular weight excluding hydrogens is 256 g/mol. The van der Waals surface area contributed by atoms with Crippen LogP contribution in [0.4, 0.5) is 0 Å². The second-order valence-electron chi connectivity index (χ2n) is 6.43. The predicted octanol–water partition coefficient (Wildman–Crippen LogP) is 2.91. The molecule has 3 rings (SSSR count). The van der Waals surface area contributed by atoms with Gasteiger partial charge in [-0.3, -0.25) is 0 Å². The standard InChI is InChI=1S/C16H22O4/c1-9-4-5-12-15(19-9)11-7-13(18)10(8-17)6-14(11)20-16(12,2)3/h6-7,9,12,15,17-18H,4-5,8H2,1-3H3/t9-,12-,15+/m1/s1. The molecule has 2 aliphatic rings. The lowest BCUT2D eigenvalue weighted by molar-refractivity contribution is -0.144. The number of aliphatic hydroxyl groups is 1. The molecule has 2 N–H and O–H groups in total. The van der Waals surface area contributed by atoms with Crippen LogP contribution in [-0.2, 0) is 11.3 Å². The number of rotatable bonds is 1. The number of phenols is 1. The van der Waals surface area contributed by atoms with Crippen LogP contribution in [0.15, 0.2) is 12.1 Å². The van der Waals surface area contributed by atoms with Gasteiger partial charge in [0.15, 0.2) is 0 Å². The molecule has 2 aliphatic heterocycles. The van der Waals surface area contributed by atoms with Crippen LogP contribution in [0.1, 0.15) is 50.8 Å². The van der Waals surface area contributed by atoms with Crippen LogP contribution >= 0.6 is 0 Å². The van der Waals surface area contributed by atoms with Gasteiger partial charge in [0.25, 0.3) is 0 Å². The quantitative estimate of drug-likeness (QED) is 0.829. The van der Waals surface area contributed by atoms with Crippen molar-refractivity contribution in [2.45, 2.75) is 58.0 Å². The van der Waals surface area contributed by atoms with E-state index in [0.29, 0.717) is 11.3 Å². The molecular formula is C16H22O4. The summed E-state index contributed by atoms with van der Waals surface area (Å²) >= 11 is 0. The fourth-order valence-electron chi connectivity index (χ4n) is 3.40. The molecule has 1 saturated heterocycles. The molecule has 0 unspecified atom stereocenters. The maximum Gasteiger partial charge on any atom is 0.126 e. The molecule has 0 bridgehead atoms. The van der Waals surface area contributed by atoms with E-state index < -0.39 is 0 Å². The first-order valence-electron chi connectivity index (χ1n) is 7.23. The lowest BCUT2D eigenvalue weighted by atomic mass is 9.75. The van der Waals surface area contributed by atoms with Gasteiger partial charge in [-0.15, -0.1) is 0 Å². The largest absolute Gasteiger partial charge is 0.508 e. The normalized spacial score (nSPS) is 31.1. The van der Waals surface area contributed by atoms with Gasteiger partial charge in [-0.1, -0.05) is 0 Å². The van der Waals surface area contributed by atoms with Gasteiger partial charge in [0.2, 0.25) is 0 Å². The molecule has 1 fully saturated rings. The van der Waals surface area contributed by atoms with Gasteiger partial charge in [0.1, 0.15) is 17.1 Å². The average molecular weight is 278 g/mol. The number of aliphatic hydroxyl groups excluding tert-OH is 1. The van der Waals surface area contributed by atoms with Crippen molar-refractivity contribution < 1.29 is 19.7 Å². The van der Waals surface area contributed by atoms with Crippen molar-refractivity contribution >= 4 is 0 Å². The molecule has 110 valence electrons. The van der Waals surface area contributed by atoms with Crippen molar-refractivity contribution in [3.8, 4) is 11.5 Å². The Labute approximate surface area is 119 Å². The molecule has 0 saturated carbocycles. The summed E-state index contributed by atoms with van der Waals surface area (Å²) in [5.74, 6) is 1.10. The van der Waals surface area contributed by atoms with Crippen LogP contribution in [0.3, 0.4) is 0 Å². The average Bonchev–Trinajstić information content (AvgIpc) is 2.38. The summed E-state index contributed by atoms with van der Waals surface area (Å²) in [6.45, 7) is 6.05. The Morgan fingerprint density at radius 1 is 1.30 bits per heavy atom. The molecule has 4 heteroatoms. The van der Waals surface area contributed by atoms with Crippen molar-refractivity contribution in [2.75, 3.05) is 0 Å². The van der Waals surface area contributed by atoms with Crippen molar-refractivity contribution in [3.05, 3.63) is 23.3 Å². The number of benzene rings is 1. The summed E-state index contributed by atoms with van der Waals surface area (Å²) in [6, 6.07) is 3.41. The molecule has 2 heterocycles. The van der Waals surface area contributed by atoms with Crippen LogP contribution < -0.4 is 4.74 Å². The van der Waals surface area contributed by atoms with E-state index >= 15 is 0 Å². The van der Waals surface area contributed by atoms with Gasteiger partial charge in [0.05, 0.1) is 18.8 Å². The third kappa shape index (κ3) is 2.07. The third-order valence-corrected chi connectivity index (χ3v) is 4.58. The first-order chi connectivity index (χ1) is 9.42. The lowest BCUT2D eigenvalue weighted by Gasteiger charge is -2.48. The lowest BCUT2D eigenvalue weighted by Crippen LogP contribution is -2.48. The number of hydrogen-bond acceptors (Lipinski definition) is 4. The Morgan fingerprint density at radius 2 is 2.05 bits per heavy atom. The van der Waals surface area contributed by atoms with Gasteiger partial charge >= 0.3 is 0 Å². The van der Waals surface area contributed by atoms with E-state index in [4.69, 9.17) is 9.47 Å². The van der Waals surface area contributed by atoms with Gasteiger partial charge in [-0.05, 0) is 45.7 Å². The number of ether oxygens (including phenoxy) is 2. The minimum atomic E-state index is -0.304. The second-order valence-corrected chi connectivity index (χ2v) is 6.43. The van der Waals surface area contributed by atoms with Crippen LogP contribution in [0.25, 0.3) is 0 Å². The zero-order chi connectivity index (χ0) is 14.5. The second kappa shape index (κ2) is 4.64. The summed E-state index contributed by atoms with van der Waals surface area (Å²) in [4.78, 5) is 0. The highest BCUT2D eigenvalue weighted by Gasteiger charge is 2.47. The first-order valence-corrected chi connectivity index (χ1v) is 7.23. The maximum absolute atomic E-state index is 9.98. The summed E-state index contributed by atoms with van der Waals surface area (Å²) in [5.41, 5.74) is 1.08. The van der Waals surface area contributed by atoms with Crippen molar-refractivity contribution in [3.63, 3.8) is 0 Å². The van der Waals surface area contributed by atoms with E-state index in [2.05, 4.69) is 20.8 Å². The molecule has 0 aliphatic carbocycles. The van der Waals surface area contributed by atoms with Crippen LogP contribution in [-0.4, -0.2) is 21.9 Å². The van der Waals surface area contributed by atoms with Gasteiger partial charge in [0, 0.05) is 17.0 Å². The van der Waals surface area contributed by atoms with E-state index in [1.54, 1.807) is 12.1 Å². The topological polar surface area (TPSA) is 58.9 Å². The Kier molecular flexibility index (Phi) is 3.18. The monoisotopic (exact) mass is 278 g/mol. The minimum Gasteiger partial charge on any atom is -0.508 e. The van der Waals surface area contributed by atoms with Crippen LogP contribution in [0, 0.1) is 5.92 Å². The van der Waals surface area contributed by atoms with Crippen molar-refractivity contribution in [1.29, 1.82) is 0 Å². The summed E-state index contributed by atoms with van der Waals surface area (Å²) in [6.07, 6.45) is 2.26. The minimum absolute atomic E-state index is 0.0452. The van der Waals surface area contributed by atoms with E-state index in [1.807, 2.05) is 0 Å².